The largest absolute Gasteiger partial charge is 0.489 e. The number of fused-ring (bicyclic) bond motifs is 1. The summed E-state index contributed by atoms with van der Waals surface area (Å²) in [7, 11) is 0. The van der Waals surface area contributed by atoms with Crippen LogP contribution in [0.4, 0.5) is 8.78 Å². The van der Waals surface area contributed by atoms with E-state index in [0.717, 1.165) is 22.8 Å². The lowest BCUT2D eigenvalue weighted by Gasteiger charge is -2.13. The van der Waals surface area contributed by atoms with Crippen molar-refractivity contribution < 1.29 is 13.5 Å². The monoisotopic (exact) mass is 321 g/mol. The third kappa shape index (κ3) is 2.56. The zero-order valence-electron chi connectivity index (χ0n) is 12.9. The van der Waals surface area contributed by atoms with Gasteiger partial charge in [0.05, 0.1) is 0 Å². The van der Waals surface area contributed by atoms with Crippen LogP contribution in [0.1, 0.15) is 5.56 Å². The van der Waals surface area contributed by atoms with Crippen LogP contribution < -0.4 is 4.74 Å². The fraction of sp³-hybridized carbons (Fsp3) is 0.0952. The van der Waals surface area contributed by atoms with Crippen LogP contribution in [0.25, 0.3) is 22.3 Å². The quantitative estimate of drug-likeness (QED) is 0.611. The van der Waals surface area contributed by atoms with E-state index in [1.807, 2.05) is 36.4 Å². The van der Waals surface area contributed by atoms with E-state index < -0.39 is 11.6 Å². The van der Waals surface area contributed by atoms with Crippen molar-refractivity contribution in [1.29, 1.82) is 0 Å². The number of benzene rings is 3. The molecule has 1 aliphatic rings. The molecule has 0 spiro atoms. The lowest BCUT2D eigenvalue weighted by molar-refractivity contribution is 0.282. The first kappa shape index (κ1) is 14.9. The third-order valence-corrected chi connectivity index (χ3v) is 4.23. The maximum Gasteiger partial charge on any atom is 0.134 e. The first-order valence-electron chi connectivity index (χ1n) is 7.79. The van der Waals surface area contributed by atoms with Crippen molar-refractivity contribution in [2.24, 2.45) is 0 Å². The Bertz CT molecular complexity index is 903. The zero-order chi connectivity index (χ0) is 16.7. The second-order valence-electron chi connectivity index (χ2n) is 5.95. The topological polar surface area (TPSA) is 9.23 Å². The molecule has 3 heteroatoms. The molecule has 0 bridgehead atoms. The number of hydrogen-bond acceptors (Lipinski definition) is 1. The van der Waals surface area contributed by atoms with Gasteiger partial charge in [-0.2, -0.15) is 0 Å². The van der Waals surface area contributed by atoms with Crippen LogP contribution in [-0.4, -0.2) is 6.10 Å². The van der Waals surface area contributed by atoms with Crippen LogP contribution in [0.5, 0.6) is 5.75 Å². The fourth-order valence-corrected chi connectivity index (χ4v) is 3.14. The van der Waals surface area contributed by atoms with Crippen molar-refractivity contribution in [3.8, 4) is 28.0 Å². The molecule has 0 aliphatic carbocycles. The van der Waals surface area contributed by atoms with Gasteiger partial charge in [-0.1, -0.05) is 30.3 Å². The Morgan fingerprint density at radius 1 is 0.875 bits per heavy atom. The SMILES string of the molecule is [CH2]C1Cc2cc(-c3ccccc3)cc(-c3ccc(F)cc3F)c2O1. The minimum absolute atomic E-state index is 0.201. The van der Waals surface area contributed by atoms with E-state index in [2.05, 4.69) is 13.0 Å². The zero-order valence-corrected chi connectivity index (χ0v) is 12.9. The Hall–Kier alpha value is -2.68. The molecule has 3 aromatic carbocycles. The summed E-state index contributed by atoms with van der Waals surface area (Å²) in [4.78, 5) is 0. The molecule has 0 saturated carbocycles. The van der Waals surface area contributed by atoms with E-state index in [4.69, 9.17) is 4.74 Å². The van der Waals surface area contributed by atoms with E-state index in [1.54, 1.807) is 0 Å². The van der Waals surface area contributed by atoms with Crippen molar-refractivity contribution >= 4 is 0 Å². The average Bonchev–Trinajstić information content (AvgIpc) is 2.95. The highest BCUT2D eigenvalue weighted by molar-refractivity contribution is 5.80. The summed E-state index contributed by atoms with van der Waals surface area (Å²) in [5.41, 5.74) is 3.98. The molecule has 1 nitrogen and oxygen atoms in total. The van der Waals surface area contributed by atoms with Gasteiger partial charge in [-0.25, -0.2) is 8.78 Å². The number of halogens is 2. The summed E-state index contributed by atoms with van der Waals surface area (Å²) in [6.07, 6.45) is 0.472. The molecule has 0 fully saturated rings. The van der Waals surface area contributed by atoms with Crippen LogP contribution >= 0.6 is 0 Å². The summed E-state index contributed by atoms with van der Waals surface area (Å²) in [6.45, 7) is 3.95. The number of hydrogen-bond donors (Lipinski definition) is 0. The Morgan fingerprint density at radius 3 is 2.42 bits per heavy atom. The molecule has 4 rings (SSSR count). The predicted octanol–water partition coefficient (Wildman–Crippen LogP) is 5.44. The molecule has 3 aromatic rings. The molecule has 1 atom stereocenters. The second kappa shape index (κ2) is 5.75. The van der Waals surface area contributed by atoms with E-state index in [1.165, 1.54) is 12.1 Å². The standard InChI is InChI=1S/C21H15F2O/c1-13-9-16-10-15(14-5-3-2-4-6-14)11-19(21(16)24-13)18-8-7-17(22)12-20(18)23/h2-8,10-13H,1,9H2. The van der Waals surface area contributed by atoms with E-state index in [-0.39, 0.29) is 6.10 Å². The summed E-state index contributed by atoms with van der Waals surface area (Å²) in [5.74, 6) is -0.554. The Morgan fingerprint density at radius 2 is 1.67 bits per heavy atom. The van der Waals surface area contributed by atoms with Gasteiger partial charge >= 0.3 is 0 Å². The summed E-state index contributed by atoms with van der Waals surface area (Å²) in [5, 5.41) is 0. The first-order chi connectivity index (χ1) is 11.6. The van der Waals surface area contributed by atoms with Gasteiger partial charge in [0.25, 0.3) is 0 Å². The van der Waals surface area contributed by atoms with E-state index in [0.29, 0.717) is 23.3 Å². The molecule has 0 aromatic heterocycles. The molecule has 0 saturated heterocycles. The Kier molecular flexibility index (Phi) is 3.57. The van der Waals surface area contributed by atoms with Gasteiger partial charge in [0, 0.05) is 23.6 Å². The van der Waals surface area contributed by atoms with Crippen molar-refractivity contribution in [2.75, 3.05) is 0 Å². The highest BCUT2D eigenvalue weighted by atomic mass is 19.1. The minimum Gasteiger partial charge on any atom is -0.489 e. The summed E-state index contributed by atoms with van der Waals surface area (Å²) >= 11 is 0. The molecule has 1 unspecified atom stereocenters. The van der Waals surface area contributed by atoms with Crippen LogP contribution in [0.3, 0.4) is 0 Å². The number of ether oxygens (including phenoxy) is 1. The molecule has 119 valence electrons. The van der Waals surface area contributed by atoms with Gasteiger partial charge in [-0.3, -0.25) is 0 Å². The van der Waals surface area contributed by atoms with E-state index in [9.17, 15) is 8.78 Å². The van der Waals surface area contributed by atoms with Gasteiger partial charge < -0.3 is 4.74 Å². The predicted molar refractivity (Wildman–Crippen MR) is 90.7 cm³/mol. The Labute approximate surface area is 139 Å². The molecule has 0 N–H and O–H groups in total. The van der Waals surface area contributed by atoms with Crippen molar-refractivity contribution in [3.05, 3.63) is 84.8 Å². The highest BCUT2D eigenvalue weighted by Crippen LogP contribution is 2.42. The lowest BCUT2D eigenvalue weighted by Crippen LogP contribution is -2.06. The maximum atomic E-state index is 14.3. The van der Waals surface area contributed by atoms with Gasteiger partial charge in [0.1, 0.15) is 23.5 Å². The molecule has 1 heterocycles. The molecule has 1 radical (unpaired) electrons. The smallest absolute Gasteiger partial charge is 0.134 e. The summed E-state index contributed by atoms with van der Waals surface area (Å²) in [6, 6.07) is 17.4. The van der Waals surface area contributed by atoms with Crippen LogP contribution in [0.15, 0.2) is 60.7 Å². The van der Waals surface area contributed by atoms with Crippen LogP contribution in [-0.2, 0) is 6.42 Å². The van der Waals surface area contributed by atoms with Gasteiger partial charge in [0.2, 0.25) is 0 Å². The summed E-state index contributed by atoms with van der Waals surface area (Å²) < 4.78 is 33.4. The third-order valence-electron chi connectivity index (χ3n) is 4.23. The van der Waals surface area contributed by atoms with Crippen molar-refractivity contribution in [1.82, 2.24) is 0 Å². The second-order valence-corrected chi connectivity index (χ2v) is 5.95. The number of rotatable bonds is 2. The van der Waals surface area contributed by atoms with Crippen LogP contribution in [0.2, 0.25) is 0 Å². The molecular weight excluding hydrogens is 306 g/mol. The van der Waals surface area contributed by atoms with Gasteiger partial charge in [0.15, 0.2) is 0 Å². The maximum absolute atomic E-state index is 14.3. The normalized spacial score (nSPS) is 15.9. The molecular formula is C21H15F2O. The van der Waals surface area contributed by atoms with Gasteiger partial charge in [-0.15, -0.1) is 0 Å². The molecule has 24 heavy (non-hydrogen) atoms. The average molecular weight is 321 g/mol. The van der Waals surface area contributed by atoms with Crippen molar-refractivity contribution in [3.63, 3.8) is 0 Å². The van der Waals surface area contributed by atoms with Crippen molar-refractivity contribution in [2.45, 2.75) is 12.5 Å². The van der Waals surface area contributed by atoms with Gasteiger partial charge in [-0.05, 0) is 47.9 Å². The van der Waals surface area contributed by atoms with E-state index >= 15 is 0 Å². The minimum atomic E-state index is -0.599. The fourth-order valence-electron chi connectivity index (χ4n) is 3.14. The lowest BCUT2D eigenvalue weighted by atomic mass is 9.94. The first-order valence-corrected chi connectivity index (χ1v) is 7.79. The molecule has 0 amide bonds. The van der Waals surface area contributed by atoms with Crippen LogP contribution in [0, 0.1) is 18.6 Å². The molecule has 1 aliphatic heterocycles. The Balaban J connectivity index is 1.94. The highest BCUT2D eigenvalue weighted by Gasteiger charge is 2.25.